The van der Waals surface area contributed by atoms with Gasteiger partial charge in [-0.2, -0.15) is 0 Å². The van der Waals surface area contributed by atoms with Crippen molar-refractivity contribution in [3.63, 3.8) is 0 Å². The number of amides is 2. The summed E-state index contributed by atoms with van der Waals surface area (Å²) in [6, 6.07) is 14.7. The van der Waals surface area contributed by atoms with Crippen molar-refractivity contribution in [1.29, 1.82) is 0 Å². The maximum atomic E-state index is 12.2. The van der Waals surface area contributed by atoms with Crippen molar-refractivity contribution in [1.82, 2.24) is 20.8 Å². The average molecular weight is 367 g/mol. The Balaban J connectivity index is 1.41. The lowest BCUT2D eigenvalue weighted by molar-refractivity contribution is -0.121. The van der Waals surface area contributed by atoms with Gasteiger partial charge in [-0.1, -0.05) is 29.8 Å². The molecule has 2 amide bonds. The lowest BCUT2D eigenvalue weighted by atomic mass is 10.1. The number of halogens is 1. The molecule has 0 spiro atoms. The van der Waals surface area contributed by atoms with Gasteiger partial charge in [-0.3, -0.25) is 20.4 Å². The van der Waals surface area contributed by atoms with E-state index < -0.39 is 5.91 Å². The van der Waals surface area contributed by atoms with Crippen LogP contribution in [0, 0.1) is 0 Å². The molecule has 0 saturated carbocycles. The predicted octanol–water partition coefficient (Wildman–Crippen LogP) is 3.31. The Bertz CT molecular complexity index is 1130. The molecule has 0 radical (unpaired) electrons. The summed E-state index contributed by atoms with van der Waals surface area (Å²) in [5.74, 6) is -0.730. The number of H-pyrrole nitrogens is 2. The molecule has 2 aromatic carbocycles. The first kappa shape index (κ1) is 16.2. The molecule has 26 heavy (non-hydrogen) atoms. The summed E-state index contributed by atoms with van der Waals surface area (Å²) >= 11 is 5.95. The second-order valence-corrected chi connectivity index (χ2v) is 6.39. The number of aromatic nitrogens is 2. The van der Waals surface area contributed by atoms with Gasteiger partial charge in [-0.15, -0.1) is 0 Å². The largest absolute Gasteiger partial charge is 0.361 e. The monoisotopic (exact) mass is 366 g/mol. The molecular formula is C19H15ClN4O2. The highest BCUT2D eigenvalue weighted by Gasteiger charge is 2.12. The van der Waals surface area contributed by atoms with Crippen LogP contribution in [0.4, 0.5) is 0 Å². The van der Waals surface area contributed by atoms with E-state index in [-0.39, 0.29) is 12.3 Å². The quantitative estimate of drug-likeness (QED) is 0.419. The van der Waals surface area contributed by atoms with Crippen LogP contribution in [0.3, 0.4) is 0 Å². The van der Waals surface area contributed by atoms with Crippen LogP contribution in [0.15, 0.2) is 54.7 Å². The van der Waals surface area contributed by atoms with E-state index >= 15 is 0 Å². The molecule has 0 aliphatic rings. The Morgan fingerprint density at radius 3 is 2.73 bits per heavy atom. The highest BCUT2D eigenvalue weighted by molar-refractivity contribution is 6.31. The van der Waals surface area contributed by atoms with Crippen molar-refractivity contribution >= 4 is 45.2 Å². The fraction of sp³-hybridized carbons (Fsp3) is 0.0526. The molecule has 2 aromatic heterocycles. The number of hydrogen-bond donors (Lipinski definition) is 4. The highest BCUT2D eigenvalue weighted by Crippen LogP contribution is 2.20. The second kappa shape index (κ2) is 6.57. The minimum absolute atomic E-state index is 0.159. The SMILES string of the molecule is O=C(Cc1c[nH]c2ccccc12)NNC(=O)c1cc2cc(Cl)ccc2[nH]1. The number of benzene rings is 2. The number of carbonyl (C=O) groups is 2. The molecular weight excluding hydrogens is 352 g/mol. The van der Waals surface area contributed by atoms with Crippen LogP contribution < -0.4 is 10.9 Å². The van der Waals surface area contributed by atoms with Gasteiger partial charge in [0.05, 0.1) is 6.42 Å². The molecule has 0 aliphatic heterocycles. The lowest BCUT2D eigenvalue weighted by Gasteiger charge is -2.06. The number of rotatable bonds is 3. The molecule has 0 bridgehead atoms. The summed E-state index contributed by atoms with van der Waals surface area (Å²) in [7, 11) is 0. The molecule has 4 rings (SSSR count). The summed E-state index contributed by atoms with van der Waals surface area (Å²) in [5, 5.41) is 2.41. The van der Waals surface area contributed by atoms with E-state index in [2.05, 4.69) is 20.8 Å². The number of aromatic amines is 2. The van der Waals surface area contributed by atoms with Gasteiger partial charge in [0.15, 0.2) is 0 Å². The van der Waals surface area contributed by atoms with Crippen molar-refractivity contribution in [3.8, 4) is 0 Å². The molecule has 4 aromatic rings. The van der Waals surface area contributed by atoms with E-state index in [9.17, 15) is 9.59 Å². The Morgan fingerprint density at radius 1 is 1.00 bits per heavy atom. The summed E-state index contributed by atoms with van der Waals surface area (Å²) in [5.41, 5.74) is 7.84. The van der Waals surface area contributed by atoms with Crippen LogP contribution >= 0.6 is 11.6 Å². The van der Waals surface area contributed by atoms with E-state index in [4.69, 9.17) is 11.6 Å². The standard InChI is InChI=1S/C19H15ClN4O2/c20-13-5-6-15-11(7-13)8-17(22-15)19(26)24-23-18(25)9-12-10-21-16-4-2-1-3-14(12)16/h1-8,10,21-22H,9H2,(H,23,25)(H,24,26). The third-order valence-electron chi connectivity index (χ3n) is 4.17. The molecule has 6 nitrogen and oxygen atoms in total. The van der Waals surface area contributed by atoms with Crippen molar-refractivity contribution in [2.75, 3.05) is 0 Å². The second-order valence-electron chi connectivity index (χ2n) is 5.95. The van der Waals surface area contributed by atoms with Crippen LogP contribution in [0.1, 0.15) is 16.1 Å². The maximum absolute atomic E-state index is 12.2. The molecule has 2 heterocycles. The van der Waals surface area contributed by atoms with Gasteiger partial charge in [0.1, 0.15) is 5.69 Å². The predicted molar refractivity (Wildman–Crippen MR) is 101 cm³/mol. The summed E-state index contributed by atoms with van der Waals surface area (Å²) in [6.07, 6.45) is 1.96. The van der Waals surface area contributed by atoms with Crippen LogP contribution in [0.2, 0.25) is 5.02 Å². The summed E-state index contributed by atoms with van der Waals surface area (Å²) in [6.45, 7) is 0. The van der Waals surface area contributed by atoms with Crippen molar-refractivity contribution in [2.24, 2.45) is 0 Å². The Morgan fingerprint density at radius 2 is 1.85 bits per heavy atom. The van der Waals surface area contributed by atoms with Gasteiger partial charge < -0.3 is 9.97 Å². The molecule has 0 atom stereocenters. The van der Waals surface area contributed by atoms with Gasteiger partial charge in [0.2, 0.25) is 5.91 Å². The summed E-state index contributed by atoms with van der Waals surface area (Å²) in [4.78, 5) is 30.5. The van der Waals surface area contributed by atoms with Crippen molar-refractivity contribution in [3.05, 3.63) is 71.0 Å². The molecule has 130 valence electrons. The van der Waals surface area contributed by atoms with E-state index in [1.54, 1.807) is 30.5 Å². The number of hydrogen-bond acceptors (Lipinski definition) is 2. The number of nitrogens with one attached hydrogen (secondary N) is 4. The van der Waals surface area contributed by atoms with Crippen LogP contribution in [0.5, 0.6) is 0 Å². The molecule has 0 unspecified atom stereocenters. The zero-order valence-corrected chi connectivity index (χ0v) is 14.4. The first-order valence-electron chi connectivity index (χ1n) is 8.02. The smallest absolute Gasteiger partial charge is 0.286 e. The number of para-hydroxylation sites is 1. The molecule has 7 heteroatoms. The van der Waals surface area contributed by atoms with E-state index in [1.165, 1.54) is 0 Å². The minimum Gasteiger partial charge on any atom is -0.361 e. The fourth-order valence-corrected chi connectivity index (χ4v) is 3.10. The van der Waals surface area contributed by atoms with Crippen LogP contribution in [0.25, 0.3) is 21.8 Å². The van der Waals surface area contributed by atoms with E-state index in [0.717, 1.165) is 27.4 Å². The average Bonchev–Trinajstić information content (AvgIpc) is 3.24. The first-order chi connectivity index (χ1) is 12.6. The summed E-state index contributed by atoms with van der Waals surface area (Å²) < 4.78 is 0. The minimum atomic E-state index is -0.426. The normalized spacial score (nSPS) is 11.0. The third-order valence-corrected chi connectivity index (χ3v) is 4.40. The number of hydrazine groups is 1. The maximum Gasteiger partial charge on any atom is 0.286 e. The van der Waals surface area contributed by atoms with Gasteiger partial charge in [-0.25, -0.2) is 0 Å². The molecule has 0 saturated heterocycles. The van der Waals surface area contributed by atoms with Gasteiger partial charge in [0.25, 0.3) is 5.91 Å². The fourth-order valence-electron chi connectivity index (χ4n) is 2.91. The number of carbonyl (C=O) groups excluding carboxylic acids is 2. The van der Waals surface area contributed by atoms with Crippen LogP contribution in [-0.4, -0.2) is 21.8 Å². The Hall–Kier alpha value is -3.25. The number of fused-ring (bicyclic) bond motifs is 2. The van der Waals surface area contributed by atoms with Crippen molar-refractivity contribution < 1.29 is 9.59 Å². The van der Waals surface area contributed by atoms with E-state index in [1.807, 2.05) is 24.3 Å². The van der Waals surface area contributed by atoms with Gasteiger partial charge in [0, 0.05) is 33.0 Å². The van der Waals surface area contributed by atoms with Crippen LogP contribution in [-0.2, 0) is 11.2 Å². The Labute approximate surface area is 153 Å². The molecule has 0 aliphatic carbocycles. The zero-order valence-electron chi connectivity index (χ0n) is 13.6. The first-order valence-corrected chi connectivity index (χ1v) is 8.40. The topological polar surface area (TPSA) is 89.8 Å². The highest BCUT2D eigenvalue weighted by atomic mass is 35.5. The lowest BCUT2D eigenvalue weighted by Crippen LogP contribution is -2.42. The molecule has 4 N–H and O–H groups in total. The van der Waals surface area contributed by atoms with Gasteiger partial charge in [-0.05, 0) is 35.9 Å². The third kappa shape index (κ3) is 3.14. The zero-order chi connectivity index (χ0) is 18.1. The molecule has 0 fully saturated rings. The van der Waals surface area contributed by atoms with Gasteiger partial charge >= 0.3 is 0 Å². The van der Waals surface area contributed by atoms with E-state index in [0.29, 0.717) is 10.7 Å². The van der Waals surface area contributed by atoms with Crippen molar-refractivity contribution in [2.45, 2.75) is 6.42 Å². The Kier molecular flexibility index (Phi) is 4.10.